The third kappa shape index (κ3) is 4.93. The van der Waals surface area contributed by atoms with Gasteiger partial charge >= 0.3 is 0 Å². The third-order valence-electron chi connectivity index (χ3n) is 5.27. The van der Waals surface area contributed by atoms with Gasteiger partial charge in [0.1, 0.15) is 5.82 Å². The second kappa shape index (κ2) is 9.37. The zero-order chi connectivity index (χ0) is 20.8. The van der Waals surface area contributed by atoms with E-state index in [0.29, 0.717) is 32.0 Å². The van der Waals surface area contributed by atoms with Crippen molar-refractivity contribution < 1.29 is 9.59 Å². The van der Waals surface area contributed by atoms with Crippen molar-refractivity contribution in [3.05, 3.63) is 78.4 Å². The molecule has 0 radical (unpaired) electrons. The van der Waals surface area contributed by atoms with E-state index in [0.717, 1.165) is 11.1 Å². The number of rotatable bonds is 7. The average molecular weight is 403 g/mol. The minimum atomic E-state index is -0.482. The van der Waals surface area contributed by atoms with Crippen LogP contribution in [0.15, 0.2) is 67.0 Å². The molecular weight excluding hydrogens is 378 g/mol. The Hall–Kier alpha value is -3.45. The first-order valence-corrected chi connectivity index (χ1v) is 10.1. The van der Waals surface area contributed by atoms with Crippen LogP contribution < -0.4 is 10.6 Å². The van der Waals surface area contributed by atoms with Crippen molar-refractivity contribution in [3.8, 4) is 11.1 Å². The molecule has 7 nitrogen and oxygen atoms in total. The Bertz CT molecular complexity index is 971. The maximum absolute atomic E-state index is 12.5. The molecule has 0 spiro atoms. The summed E-state index contributed by atoms with van der Waals surface area (Å²) in [6, 6.07) is 18.1. The van der Waals surface area contributed by atoms with E-state index in [2.05, 4.69) is 61.9 Å². The lowest BCUT2D eigenvalue weighted by Gasteiger charge is -2.34. The summed E-state index contributed by atoms with van der Waals surface area (Å²) in [5, 5.41) is 5.70. The number of nitrogens with one attached hydrogen (secondary N) is 3. The molecule has 1 aromatic heterocycles. The van der Waals surface area contributed by atoms with Gasteiger partial charge in [-0.3, -0.25) is 14.5 Å². The topological polar surface area (TPSA) is 90.1 Å². The van der Waals surface area contributed by atoms with Gasteiger partial charge in [-0.1, -0.05) is 54.6 Å². The monoisotopic (exact) mass is 403 g/mol. The number of imidazole rings is 1. The highest BCUT2D eigenvalue weighted by atomic mass is 16.2. The number of H-pyrrole nitrogens is 1. The van der Waals surface area contributed by atoms with Crippen molar-refractivity contribution in [2.45, 2.75) is 25.6 Å². The number of aromatic nitrogens is 2. The van der Waals surface area contributed by atoms with Crippen LogP contribution in [0.5, 0.6) is 0 Å². The lowest BCUT2D eigenvalue weighted by molar-refractivity contribution is -0.134. The molecule has 0 saturated carbocycles. The number of hydrogen-bond acceptors (Lipinski definition) is 4. The van der Waals surface area contributed by atoms with E-state index in [4.69, 9.17) is 0 Å². The molecule has 1 atom stereocenters. The van der Waals surface area contributed by atoms with Crippen LogP contribution in [0.2, 0.25) is 0 Å². The van der Waals surface area contributed by atoms with E-state index in [9.17, 15) is 9.59 Å². The van der Waals surface area contributed by atoms with Crippen LogP contribution in [-0.2, 0) is 22.7 Å². The molecule has 154 valence electrons. The molecule has 0 aliphatic carbocycles. The molecule has 1 aliphatic rings. The third-order valence-corrected chi connectivity index (χ3v) is 5.27. The molecule has 2 amide bonds. The van der Waals surface area contributed by atoms with E-state index < -0.39 is 6.04 Å². The van der Waals surface area contributed by atoms with Crippen LogP contribution in [0.3, 0.4) is 0 Å². The van der Waals surface area contributed by atoms with Gasteiger partial charge in [-0.05, 0) is 16.7 Å². The molecular formula is C23H25N5O2. The summed E-state index contributed by atoms with van der Waals surface area (Å²) in [7, 11) is 0. The summed E-state index contributed by atoms with van der Waals surface area (Å²) in [5.41, 5.74) is 3.45. The zero-order valence-electron chi connectivity index (χ0n) is 16.7. The highest BCUT2D eigenvalue weighted by molar-refractivity contribution is 5.88. The van der Waals surface area contributed by atoms with E-state index in [1.165, 1.54) is 5.56 Å². The Morgan fingerprint density at radius 3 is 2.60 bits per heavy atom. The van der Waals surface area contributed by atoms with Crippen molar-refractivity contribution in [1.29, 1.82) is 0 Å². The molecule has 3 N–H and O–H groups in total. The summed E-state index contributed by atoms with van der Waals surface area (Å²) in [6.07, 6.45) is 3.47. The van der Waals surface area contributed by atoms with Gasteiger partial charge in [0.25, 0.3) is 0 Å². The van der Waals surface area contributed by atoms with Crippen LogP contribution in [0, 0.1) is 0 Å². The fraction of sp³-hybridized carbons (Fsp3) is 0.261. The number of benzene rings is 2. The van der Waals surface area contributed by atoms with Gasteiger partial charge in [-0.25, -0.2) is 4.98 Å². The van der Waals surface area contributed by atoms with Crippen molar-refractivity contribution >= 4 is 11.8 Å². The number of amides is 2. The van der Waals surface area contributed by atoms with E-state index >= 15 is 0 Å². The second-order valence-corrected chi connectivity index (χ2v) is 7.36. The molecule has 3 aromatic rings. The number of piperazine rings is 1. The van der Waals surface area contributed by atoms with Crippen molar-refractivity contribution in [3.63, 3.8) is 0 Å². The summed E-state index contributed by atoms with van der Waals surface area (Å²) in [4.78, 5) is 34.0. The molecule has 2 heterocycles. The number of hydrogen-bond donors (Lipinski definition) is 3. The Morgan fingerprint density at radius 1 is 1.10 bits per heavy atom. The molecule has 0 bridgehead atoms. The standard InChI is InChI=1S/C23H25N5O2/c29-22(27-15-21-24-10-11-25-21)14-20-23(30)26-12-13-28(20)16-17-6-8-19(9-7-17)18-4-2-1-3-5-18/h1-11,20H,12-16H2,(H,24,25)(H,26,30)(H,27,29)/t20-/m0/s1. The van der Waals surface area contributed by atoms with Gasteiger partial charge in [0.2, 0.25) is 11.8 Å². The predicted molar refractivity (Wildman–Crippen MR) is 114 cm³/mol. The van der Waals surface area contributed by atoms with Crippen molar-refractivity contribution in [2.75, 3.05) is 13.1 Å². The molecule has 2 aromatic carbocycles. The minimum absolute atomic E-state index is 0.102. The van der Waals surface area contributed by atoms with Crippen LogP contribution in [0.1, 0.15) is 17.8 Å². The van der Waals surface area contributed by atoms with Gasteiger partial charge in [0.15, 0.2) is 0 Å². The summed E-state index contributed by atoms with van der Waals surface area (Å²) < 4.78 is 0. The predicted octanol–water partition coefficient (Wildman–Crippen LogP) is 2.08. The minimum Gasteiger partial charge on any atom is -0.353 e. The molecule has 0 unspecified atom stereocenters. The van der Waals surface area contributed by atoms with Crippen LogP contribution in [0.25, 0.3) is 11.1 Å². The average Bonchev–Trinajstić information content (AvgIpc) is 3.30. The Balaban J connectivity index is 1.38. The lowest BCUT2D eigenvalue weighted by atomic mass is 10.0. The lowest BCUT2D eigenvalue weighted by Crippen LogP contribution is -2.56. The van der Waals surface area contributed by atoms with E-state index in [1.807, 2.05) is 18.2 Å². The SMILES string of the molecule is O=C(C[C@H]1C(=O)NCCN1Cc1ccc(-c2ccccc2)cc1)NCc1ncc[nH]1. The van der Waals surface area contributed by atoms with Gasteiger partial charge < -0.3 is 15.6 Å². The first kappa shape index (κ1) is 19.8. The maximum atomic E-state index is 12.5. The smallest absolute Gasteiger partial charge is 0.237 e. The Labute approximate surface area is 175 Å². The van der Waals surface area contributed by atoms with Gasteiger partial charge in [0, 0.05) is 32.0 Å². The van der Waals surface area contributed by atoms with E-state index in [1.54, 1.807) is 12.4 Å². The zero-order valence-corrected chi connectivity index (χ0v) is 16.7. The largest absolute Gasteiger partial charge is 0.353 e. The fourth-order valence-electron chi connectivity index (χ4n) is 3.67. The van der Waals surface area contributed by atoms with Gasteiger partial charge in [-0.2, -0.15) is 0 Å². The number of carbonyl (C=O) groups excluding carboxylic acids is 2. The summed E-state index contributed by atoms with van der Waals surface area (Å²) >= 11 is 0. The molecule has 1 aliphatic heterocycles. The fourth-order valence-corrected chi connectivity index (χ4v) is 3.67. The van der Waals surface area contributed by atoms with Crippen molar-refractivity contribution in [1.82, 2.24) is 25.5 Å². The van der Waals surface area contributed by atoms with Crippen LogP contribution >= 0.6 is 0 Å². The molecule has 1 saturated heterocycles. The molecule has 7 heteroatoms. The van der Waals surface area contributed by atoms with Crippen LogP contribution in [-0.4, -0.2) is 45.8 Å². The summed E-state index contributed by atoms with van der Waals surface area (Å²) in [5.74, 6) is 0.417. The van der Waals surface area contributed by atoms with Gasteiger partial charge in [0.05, 0.1) is 19.0 Å². The number of carbonyl (C=O) groups is 2. The number of nitrogens with zero attached hydrogens (tertiary/aromatic N) is 2. The second-order valence-electron chi connectivity index (χ2n) is 7.36. The van der Waals surface area contributed by atoms with Crippen LogP contribution in [0.4, 0.5) is 0 Å². The Kier molecular flexibility index (Phi) is 6.20. The van der Waals surface area contributed by atoms with Gasteiger partial charge in [-0.15, -0.1) is 0 Å². The first-order chi connectivity index (χ1) is 14.7. The maximum Gasteiger partial charge on any atom is 0.237 e. The first-order valence-electron chi connectivity index (χ1n) is 10.1. The Morgan fingerprint density at radius 2 is 1.87 bits per heavy atom. The van der Waals surface area contributed by atoms with Crippen molar-refractivity contribution in [2.24, 2.45) is 0 Å². The van der Waals surface area contributed by atoms with E-state index in [-0.39, 0.29) is 18.2 Å². The normalized spacial score (nSPS) is 16.8. The highest BCUT2D eigenvalue weighted by Crippen LogP contribution is 2.21. The quantitative estimate of drug-likeness (QED) is 0.563. The molecule has 30 heavy (non-hydrogen) atoms. The highest BCUT2D eigenvalue weighted by Gasteiger charge is 2.31. The molecule has 4 rings (SSSR count). The number of aromatic amines is 1. The summed E-state index contributed by atoms with van der Waals surface area (Å²) in [6.45, 7) is 2.24. The molecule has 1 fully saturated rings.